The second kappa shape index (κ2) is 3.53. The van der Waals surface area contributed by atoms with Crippen molar-refractivity contribution in [2.75, 3.05) is 0 Å². The first kappa shape index (κ1) is 8.99. The Kier molecular flexibility index (Phi) is 2.65. The molecule has 1 aromatic carbocycles. The van der Waals surface area contributed by atoms with Crippen molar-refractivity contribution in [1.82, 2.24) is 0 Å². The number of nitro groups is 1. The van der Waals surface area contributed by atoms with Gasteiger partial charge >= 0.3 is 0 Å². The highest BCUT2D eigenvalue weighted by atomic mass is 79.9. The van der Waals surface area contributed by atoms with E-state index in [1.165, 1.54) is 12.1 Å². The molecule has 0 aliphatic carbocycles. The molecule has 1 N–H and O–H groups in total. The molecule has 0 aliphatic rings. The molecule has 0 heterocycles. The van der Waals surface area contributed by atoms with Gasteiger partial charge in [0.05, 0.1) is 0 Å². The smallest absolute Gasteiger partial charge is 0.230 e. The summed E-state index contributed by atoms with van der Waals surface area (Å²) in [5.41, 5.74) is 0.472. The van der Waals surface area contributed by atoms with Crippen molar-refractivity contribution in [3.05, 3.63) is 38.3 Å². The van der Waals surface area contributed by atoms with E-state index in [0.717, 1.165) is 0 Å². The van der Waals surface area contributed by atoms with Crippen LogP contribution in [0, 0.1) is 10.1 Å². The summed E-state index contributed by atoms with van der Waals surface area (Å²) >= 11 is 3.14. The average Bonchev–Trinajstić information content (AvgIpc) is 1.96. The second-order valence-corrected chi connectivity index (χ2v) is 3.12. The molecule has 4 nitrogen and oxygen atoms in total. The first-order valence-corrected chi connectivity index (χ1v) is 3.98. The Morgan fingerprint density at radius 2 is 2.25 bits per heavy atom. The van der Waals surface area contributed by atoms with Crippen LogP contribution in [-0.4, -0.2) is 10.0 Å². The maximum atomic E-state index is 10.1. The lowest BCUT2D eigenvalue weighted by atomic mass is 10.2. The maximum absolute atomic E-state index is 10.1. The topological polar surface area (TPSA) is 63.4 Å². The van der Waals surface area contributed by atoms with E-state index in [2.05, 4.69) is 15.9 Å². The van der Waals surface area contributed by atoms with Gasteiger partial charge in [0.2, 0.25) is 6.54 Å². The Bertz CT molecular complexity index is 314. The van der Waals surface area contributed by atoms with E-state index in [-0.39, 0.29) is 12.3 Å². The fraction of sp³-hybridized carbons (Fsp3) is 0.143. The Labute approximate surface area is 77.1 Å². The van der Waals surface area contributed by atoms with E-state index in [1.807, 2.05) is 0 Å². The highest BCUT2D eigenvalue weighted by molar-refractivity contribution is 9.10. The van der Waals surface area contributed by atoms with Crippen LogP contribution in [0.5, 0.6) is 5.75 Å². The molecule has 0 atom stereocenters. The van der Waals surface area contributed by atoms with E-state index < -0.39 is 4.92 Å². The lowest BCUT2D eigenvalue weighted by Crippen LogP contribution is -1.98. The minimum atomic E-state index is -0.445. The van der Waals surface area contributed by atoms with Gasteiger partial charge in [-0.15, -0.1) is 0 Å². The Hall–Kier alpha value is -1.10. The predicted octanol–water partition coefficient (Wildman–Crippen LogP) is 1.93. The van der Waals surface area contributed by atoms with Gasteiger partial charge < -0.3 is 5.11 Å². The van der Waals surface area contributed by atoms with Gasteiger partial charge in [0, 0.05) is 15.0 Å². The first-order chi connectivity index (χ1) is 5.59. The van der Waals surface area contributed by atoms with Crippen LogP contribution in [0.2, 0.25) is 0 Å². The SMILES string of the molecule is O=[N+]([O-])Cc1cc(O)ccc1Br. The van der Waals surface area contributed by atoms with Crippen molar-refractivity contribution >= 4 is 15.9 Å². The highest BCUT2D eigenvalue weighted by Crippen LogP contribution is 2.21. The Morgan fingerprint density at radius 3 is 2.83 bits per heavy atom. The van der Waals surface area contributed by atoms with Crippen LogP contribution < -0.4 is 0 Å². The summed E-state index contributed by atoms with van der Waals surface area (Å²) in [6, 6.07) is 4.41. The van der Waals surface area contributed by atoms with Crippen LogP contribution in [0.4, 0.5) is 0 Å². The number of halogens is 1. The molecule has 64 valence electrons. The minimum Gasteiger partial charge on any atom is -0.508 e. The number of aromatic hydroxyl groups is 1. The summed E-state index contributed by atoms with van der Waals surface area (Å²) in [6.45, 7) is -0.283. The molecule has 0 saturated carbocycles. The number of hydrogen-bond donors (Lipinski definition) is 1. The Morgan fingerprint density at radius 1 is 1.58 bits per heavy atom. The number of nitrogens with zero attached hydrogens (tertiary/aromatic N) is 1. The van der Waals surface area contributed by atoms with Crippen LogP contribution in [0.15, 0.2) is 22.7 Å². The molecule has 1 rings (SSSR count). The van der Waals surface area contributed by atoms with Crippen LogP contribution in [-0.2, 0) is 6.54 Å². The van der Waals surface area contributed by atoms with Gasteiger partial charge in [-0.25, -0.2) is 0 Å². The lowest BCUT2D eigenvalue weighted by Gasteiger charge is -1.99. The van der Waals surface area contributed by atoms with E-state index in [9.17, 15) is 10.1 Å². The molecule has 0 bridgehead atoms. The van der Waals surface area contributed by atoms with Crippen LogP contribution >= 0.6 is 15.9 Å². The molecular formula is C7H6BrNO3. The molecule has 5 heteroatoms. The molecular weight excluding hydrogens is 226 g/mol. The molecule has 12 heavy (non-hydrogen) atoms. The van der Waals surface area contributed by atoms with Crippen molar-refractivity contribution in [2.45, 2.75) is 6.54 Å². The van der Waals surface area contributed by atoms with Gasteiger partial charge in [-0.3, -0.25) is 10.1 Å². The second-order valence-electron chi connectivity index (χ2n) is 2.27. The van der Waals surface area contributed by atoms with Gasteiger partial charge in [0.25, 0.3) is 0 Å². The van der Waals surface area contributed by atoms with Crippen molar-refractivity contribution in [2.24, 2.45) is 0 Å². The van der Waals surface area contributed by atoms with Gasteiger partial charge in [0.15, 0.2) is 0 Å². The first-order valence-electron chi connectivity index (χ1n) is 3.19. The van der Waals surface area contributed by atoms with Crippen LogP contribution in [0.3, 0.4) is 0 Å². The van der Waals surface area contributed by atoms with Gasteiger partial charge in [0.1, 0.15) is 5.75 Å². The summed E-state index contributed by atoms with van der Waals surface area (Å²) in [4.78, 5) is 9.69. The molecule has 0 aliphatic heterocycles. The number of hydrogen-bond acceptors (Lipinski definition) is 3. The standard InChI is InChI=1S/C7H6BrNO3/c8-7-2-1-6(10)3-5(7)4-9(11)12/h1-3,10H,4H2. The van der Waals surface area contributed by atoms with Crippen molar-refractivity contribution in [1.29, 1.82) is 0 Å². The summed E-state index contributed by atoms with van der Waals surface area (Å²) in [6.07, 6.45) is 0. The minimum absolute atomic E-state index is 0.0371. The zero-order valence-electron chi connectivity index (χ0n) is 6.03. The largest absolute Gasteiger partial charge is 0.508 e. The van der Waals surface area contributed by atoms with Crippen molar-refractivity contribution < 1.29 is 10.0 Å². The quantitative estimate of drug-likeness (QED) is 0.625. The fourth-order valence-electron chi connectivity index (χ4n) is 0.821. The molecule has 0 radical (unpaired) electrons. The van der Waals surface area contributed by atoms with Gasteiger partial charge in [-0.2, -0.15) is 0 Å². The number of rotatable bonds is 2. The number of benzene rings is 1. The third kappa shape index (κ3) is 2.20. The molecule has 0 spiro atoms. The van der Waals surface area contributed by atoms with Gasteiger partial charge in [-0.1, -0.05) is 15.9 Å². The summed E-state index contributed by atoms with van der Waals surface area (Å²) in [5.74, 6) is 0.0371. The summed E-state index contributed by atoms with van der Waals surface area (Å²) in [7, 11) is 0. The Balaban J connectivity index is 2.97. The zero-order chi connectivity index (χ0) is 9.14. The maximum Gasteiger partial charge on any atom is 0.230 e. The third-order valence-corrected chi connectivity index (χ3v) is 2.10. The molecule has 0 aromatic heterocycles. The fourth-order valence-corrected chi connectivity index (χ4v) is 1.19. The number of phenolic OH excluding ortho intramolecular Hbond substituents is 1. The van der Waals surface area contributed by atoms with E-state index in [1.54, 1.807) is 6.07 Å². The van der Waals surface area contributed by atoms with E-state index >= 15 is 0 Å². The third-order valence-electron chi connectivity index (χ3n) is 1.33. The van der Waals surface area contributed by atoms with Crippen LogP contribution in [0.25, 0.3) is 0 Å². The van der Waals surface area contributed by atoms with Crippen molar-refractivity contribution in [3.8, 4) is 5.75 Å². The summed E-state index contributed by atoms with van der Waals surface area (Å²) < 4.78 is 0.636. The zero-order valence-corrected chi connectivity index (χ0v) is 7.61. The molecule has 0 saturated heterocycles. The molecule has 1 aromatic rings. The number of phenols is 1. The van der Waals surface area contributed by atoms with Gasteiger partial charge in [-0.05, 0) is 18.2 Å². The summed E-state index contributed by atoms with van der Waals surface area (Å²) in [5, 5.41) is 19.1. The molecule has 0 amide bonds. The van der Waals surface area contributed by atoms with Crippen molar-refractivity contribution in [3.63, 3.8) is 0 Å². The normalized spacial score (nSPS) is 9.75. The highest BCUT2D eigenvalue weighted by Gasteiger charge is 2.06. The van der Waals surface area contributed by atoms with E-state index in [0.29, 0.717) is 10.0 Å². The predicted molar refractivity (Wildman–Crippen MR) is 46.5 cm³/mol. The monoisotopic (exact) mass is 231 g/mol. The van der Waals surface area contributed by atoms with Crippen LogP contribution in [0.1, 0.15) is 5.56 Å². The average molecular weight is 232 g/mol. The molecule has 0 fully saturated rings. The lowest BCUT2D eigenvalue weighted by molar-refractivity contribution is -0.497. The van der Waals surface area contributed by atoms with E-state index in [4.69, 9.17) is 5.11 Å². The molecule has 0 unspecified atom stereocenters.